The molecule has 0 aromatic rings. The summed E-state index contributed by atoms with van der Waals surface area (Å²) in [5.41, 5.74) is -2.91. The van der Waals surface area contributed by atoms with Gasteiger partial charge in [-0.15, -0.1) is 0 Å². The number of carbonyl (C=O) groups excluding carboxylic acids is 2. The van der Waals surface area contributed by atoms with Crippen LogP contribution < -0.4 is 0 Å². The zero-order valence-corrected chi connectivity index (χ0v) is 6.47. The van der Waals surface area contributed by atoms with Crippen molar-refractivity contribution >= 4 is 23.8 Å². The molecule has 70 valence electrons. The Morgan fingerprint density at radius 2 is 1.46 bits per heavy atom. The summed E-state index contributed by atoms with van der Waals surface area (Å²) in [6, 6.07) is 0. The van der Waals surface area contributed by atoms with Crippen LogP contribution in [-0.4, -0.2) is 45.9 Å². The van der Waals surface area contributed by atoms with Crippen LogP contribution in [0, 0.1) is 5.41 Å². The molecule has 1 aliphatic rings. The second-order valence-corrected chi connectivity index (χ2v) is 2.53. The van der Waals surface area contributed by atoms with Crippen molar-refractivity contribution in [3.8, 4) is 0 Å². The number of carboxylic acid groups (broad SMARTS) is 2. The molecule has 7 heteroatoms. The summed E-state index contributed by atoms with van der Waals surface area (Å²) >= 11 is 0. The fraction of sp³-hybridized carbons (Fsp3) is 0.333. The number of amides is 2. The molecular weight excluding hydrogens is 182 g/mol. The Bertz CT molecular complexity index is 300. The number of carboxylic acids is 2. The molecule has 2 amide bonds. The van der Waals surface area contributed by atoms with Crippen molar-refractivity contribution in [2.75, 3.05) is 7.05 Å². The summed E-state index contributed by atoms with van der Waals surface area (Å²) < 4.78 is 0. The predicted molar refractivity (Wildman–Crippen MR) is 35.5 cm³/mol. The average molecular weight is 187 g/mol. The van der Waals surface area contributed by atoms with Crippen molar-refractivity contribution in [2.45, 2.75) is 0 Å². The van der Waals surface area contributed by atoms with Gasteiger partial charge in [0, 0.05) is 7.05 Å². The van der Waals surface area contributed by atoms with E-state index in [4.69, 9.17) is 10.2 Å². The zero-order chi connectivity index (χ0) is 10.4. The molecule has 0 radical (unpaired) electrons. The third-order valence-corrected chi connectivity index (χ3v) is 1.89. The first-order chi connectivity index (χ1) is 5.86. The van der Waals surface area contributed by atoms with Crippen molar-refractivity contribution in [2.24, 2.45) is 5.41 Å². The minimum Gasteiger partial charge on any atom is -0.480 e. The Hall–Kier alpha value is -1.92. The number of likely N-dealkylation sites (tertiary alicyclic amines) is 1. The largest absolute Gasteiger partial charge is 0.480 e. The molecule has 0 unspecified atom stereocenters. The summed E-state index contributed by atoms with van der Waals surface area (Å²) in [7, 11) is 1.02. The lowest BCUT2D eigenvalue weighted by Crippen LogP contribution is -2.71. The number of imide groups is 1. The Labute approximate surface area is 71.6 Å². The second kappa shape index (κ2) is 2.28. The SMILES string of the molecule is CN1C(=O)C(C(=O)O)(C(=O)O)C1=O. The van der Waals surface area contributed by atoms with Gasteiger partial charge in [-0.2, -0.15) is 0 Å². The monoisotopic (exact) mass is 187 g/mol. The number of rotatable bonds is 2. The molecule has 1 saturated heterocycles. The topological polar surface area (TPSA) is 112 Å². The van der Waals surface area contributed by atoms with Crippen LogP contribution in [-0.2, 0) is 19.2 Å². The van der Waals surface area contributed by atoms with Gasteiger partial charge in [-0.25, -0.2) is 9.59 Å². The van der Waals surface area contributed by atoms with Crippen LogP contribution in [0.3, 0.4) is 0 Å². The molecule has 0 spiro atoms. The first-order valence-electron chi connectivity index (χ1n) is 3.16. The van der Waals surface area contributed by atoms with E-state index in [1.165, 1.54) is 0 Å². The molecule has 0 saturated carbocycles. The van der Waals surface area contributed by atoms with E-state index in [2.05, 4.69) is 0 Å². The van der Waals surface area contributed by atoms with E-state index in [0.29, 0.717) is 4.90 Å². The molecule has 2 N–H and O–H groups in total. The first kappa shape index (κ1) is 9.17. The van der Waals surface area contributed by atoms with Gasteiger partial charge >= 0.3 is 17.4 Å². The lowest BCUT2D eigenvalue weighted by molar-refractivity contribution is -0.190. The molecule has 0 aromatic heterocycles. The van der Waals surface area contributed by atoms with Crippen LogP contribution >= 0.6 is 0 Å². The highest BCUT2D eigenvalue weighted by atomic mass is 16.4. The van der Waals surface area contributed by atoms with Crippen molar-refractivity contribution in [3.05, 3.63) is 0 Å². The Balaban J connectivity index is 3.24. The van der Waals surface area contributed by atoms with Gasteiger partial charge in [0.05, 0.1) is 0 Å². The van der Waals surface area contributed by atoms with Crippen LogP contribution in [0.5, 0.6) is 0 Å². The lowest BCUT2D eigenvalue weighted by Gasteiger charge is -2.37. The summed E-state index contributed by atoms with van der Waals surface area (Å²) in [5.74, 6) is -6.35. The van der Waals surface area contributed by atoms with Crippen LogP contribution in [0.1, 0.15) is 0 Å². The summed E-state index contributed by atoms with van der Waals surface area (Å²) in [5, 5.41) is 16.9. The predicted octanol–water partition coefficient (Wildman–Crippen LogP) is -1.86. The standard InChI is InChI=1S/C6H5NO6/c1-7-2(8)6(3(7)9,4(10)11)5(12)13/h1H3,(H,10,11)(H,12,13). The van der Waals surface area contributed by atoms with Crippen molar-refractivity contribution in [1.29, 1.82) is 0 Å². The summed E-state index contributed by atoms with van der Waals surface area (Å²) in [6.07, 6.45) is 0. The lowest BCUT2D eigenvalue weighted by atomic mass is 9.78. The van der Waals surface area contributed by atoms with Crippen molar-refractivity contribution < 1.29 is 29.4 Å². The molecule has 1 heterocycles. The first-order valence-corrected chi connectivity index (χ1v) is 3.16. The van der Waals surface area contributed by atoms with Crippen molar-refractivity contribution in [1.82, 2.24) is 4.90 Å². The molecule has 1 rings (SSSR count). The van der Waals surface area contributed by atoms with Gasteiger partial charge < -0.3 is 10.2 Å². The van der Waals surface area contributed by atoms with Crippen LogP contribution in [0.15, 0.2) is 0 Å². The highest BCUT2D eigenvalue weighted by Gasteiger charge is 2.71. The van der Waals surface area contributed by atoms with E-state index in [9.17, 15) is 19.2 Å². The van der Waals surface area contributed by atoms with Crippen LogP contribution in [0.2, 0.25) is 0 Å². The minimum atomic E-state index is -2.91. The molecule has 0 aliphatic carbocycles. The number of hydrogen-bond acceptors (Lipinski definition) is 4. The maximum atomic E-state index is 10.9. The summed E-state index contributed by atoms with van der Waals surface area (Å²) in [6.45, 7) is 0. The normalized spacial score (nSPS) is 19.6. The molecule has 0 bridgehead atoms. The van der Waals surface area contributed by atoms with E-state index in [0.717, 1.165) is 7.05 Å². The Kier molecular flexibility index (Phi) is 1.61. The smallest absolute Gasteiger partial charge is 0.340 e. The van der Waals surface area contributed by atoms with E-state index < -0.39 is 29.2 Å². The van der Waals surface area contributed by atoms with Crippen molar-refractivity contribution in [3.63, 3.8) is 0 Å². The number of carbonyl (C=O) groups is 4. The third kappa shape index (κ3) is 0.727. The van der Waals surface area contributed by atoms with Gasteiger partial charge in [0.1, 0.15) is 0 Å². The number of aliphatic carboxylic acids is 2. The van der Waals surface area contributed by atoms with E-state index in [1.54, 1.807) is 0 Å². The Morgan fingerprint density at radius 3 is 1.62 bits per heavy atom. The molecular formula is C6H5NO6. The van der Waals surface area contributed by atoms with Gasteiger partial charge in [0.2, 0.25) is 0 Å². The highest BCUT2D eigenvalue weighted by Crippen LogP contribution is 2.33. The maximum absolute atomic E-state index is 10.9. The van der Waals surface area contributed by atoms with Crippen LogP contribution in [0.25, 0.3) is 0 Å². The number of hydrogen-bond donors (Lipinski definition) is 2. The molecule has 7 nitrogen and oxygen atoms in total. The number of β-lactam (4-membered cyclic amide) rings is 2. The quantitative estimate of drug-likeness (QED) is 0.387. The molecule has 1 aliphatic heterocycles. The van der Waals surface area contributed by atoms with Gasteiger partial charge in [-0.05, 0) is 0 Å². The van der Waals surface area contributed by atoms with E-state index in [1.807, 2.05) is 0 Å². The van der Waals surface area contributed by atoms with E-state index in [-0.39, 0.29) is 0 Å². The van der Waals surface area contributed by atoms with Crippen LogP contribution in [0.4, 0.5) is 0 Å². The minimum absolute atomic E-state index is 0.461. The highest BCUT2D eigenvalue weighted by molar-refractivity contribution is 6.43. The van der Waals surface area contributed by atoms with Gasteiger partial charge in [0.25, 0.3) is 11.8 Å². The number of nitrogens with zero attached hydrogens (tertiary/aromatic N) is 1. The summed E-state index contributed by atoms with van der Waals surface area (Å²) in [4.78, 5) is 43.2. The van der Waals surface area contributed by atoms with Gasteiger partial charge in [-0.1, -0.05) is 0 Å². The van der Waals surface area contributed by atoms with E-state index >= 15 is 0 Å². The fourth-order valence-corrected chi connectivity index (χ4v) is 1.09. The van der Waals surface area contributed by atoms with Gasteiger partial charge in [0.15, 0.2) is 0 Å². The third-order valence-electron chi connectivity index (χ3n) is 1.89. The second-order valence-electron chi connectivity index (χ2n) is 2.53. The molecule has 1 fully saturated rings. The Morgan fingerprint density at radius 1 is 1.15 bits per heavy atom. The fourth-order valence-electron chi connectivity index (χ4n) is 1.09. The molecule has 0 aromatic carbocycles. The zero-order valence-electron chi connectivity index (χ0n) is 6.47. The maximum Gasteiger partial charge on any atom is 0.340 e. The average Bonchev–Trinajstić information content (AvgIpc) is 2.03. The van der Waals surface area contributed by atoms with Gasteiger partial charge in [-0.3, -0.25) is 14.5 Å². The molecule has 13 heavy (non-hydrogen) atoms. The molecule has 0 atom stereocenters.